The molecule has 4 aromatic rings. The van der Waals surface area contributed by atoms with Crippen molar-refractivity contribution in [2.75, 3.05) is 0 Å². The van der Waals surface area contributed by atoms with Crippen LogP contribution in [0.1, 0.15) is 23.4 Å². The van der Waals surface area contributed by atoms with Crippen LogP contribution in [-0.2, 0) is 0 Å². The number of nitrogens with zero attached hydrogens (tertiary/aromatic N) is 4. The molecule has 130 valence electrons. The molecule has 0 radical (unpaired) electrons. The molecule has 0 saturated carbocycles. The minimum atomic E-state index is -0.423. The first-order chi connectivity index (χ1) is 12.6. The highest BCUT2D eigenvalue weighted by Crippen LogP contribution is 2.22. The van der Waals surface area contributed by atoms with Gasteiger partial charge in [-0.3, -0.25) is 14.3 Å². The Morgan fingerprint density at radius 2 is 1.85 bits per heavy atom. The van der Waals surface area contributed by atoms with Gasteiger partial charge < -0.3 is 0 Å². The molecule has 0 aliphatic rings. The van der Waals surface area contributed by atoms with Crippen LogP contribution in [-0.4, -0.2) is 19.1 Å². The third kappa shape index (κ3) is 2.48. The van der Waals surface area contributed by atoms with Gasteiger partial charge in [0.15, 0.2) is 5.65 Å². The van der Waals surface area contributed by atoms with E-state index in [1.165, 1.54) is 9.13 Å². The van der Waals surface area contributed by atoms with Gasteiger partial charge in [0.05, 0.1) is 17.1 Å². The van der Waals surface area contributed by atoms with Gasteiger partial charge in [0.1, 0.15) is 0 Å². The van der Waals surface area contributed by atoms with E-state index in [-0.39, 0.29) is 5.56 Å². The predicted octanol–water partition coefficient (Wildman–Crippen LogP) is 2.92. The maximum Gasteiger partial charge on any atom is 0.337 e. The molecule has 0 fully saturated rings. The molecule has 0 aliphatic heterocycles. The first-order valence-corrected chi connectivity index (χ1v) is 9.04. The quantitative estimate of drug-likeness (QED) is 0.560. The summed E-state index contributed by atoms with van der Waals surface area (Å²) in [5, 5.41) is 2.34. The summed E-state index contributed by atoms with van der Waals surface area (Å²) in [7, 11) is 0. The van der Waals surface area contributed by atoms with E-state index in [9.17, 15) is 9.59 Å². The fraction of sp³-hybridized carbons (Fsp3) is 0.158. The fourth-order valence-corrected chi connectivity index (χ4v) is 3.80. The molecule has 4 aromatic heterocycles. The Labute approximate surface area is 153 Å². The van der Waals surface area contributed by atoms with Crippen molar-refractivity contribution in [3.63, 3.8) is 0 Å². The number of fused-ring (bicyclic) bond motifs is 1. The Bertz CT molecular complexity index is 1210. The van der Waals surface area contributed by atoms with Gasteiger partial charge in [-0.15, -0.1) is 11.3 Å². The van der Waals surface area contributed by atoms with Gasteiger partial charge in [-0.2, -0.15) is 0 Å². The molecule has 6 nitrogen and oxygen atoms in total. The molecule has 0 spiro atoms. The van der Waals surface area contributed by atoms with Crippen molar-refractivity contribution < 1.29 is 0 Å². The molecule has 0 amide bonds. The first kappa shape index (κ1) is 16.4. The van der Waals surface area contributed by atoms with E-state index >= 15 is 0 Å². The van der Waals surface area contributed by atoms with Crippen LogP contribution in [0.5, 0.6) is 0 Å². The van der Waals surface area contributed by atoms with E-state index in [1.807, 2.05) is 37.4 Å². The van der Waals surface area contributed by atoms with Crippen LogP contribution in [0.3, 0.4) is 0 Å². The SMILES string of the molecule is Cc1sccc1-n1c(=O)n(C(C)c2ccncc2)c(=O)c2cccnc21. The molecular formula is C19H16N4O2S. The minimum Gasteiger partial charge on any atom is -0.268 e. The molecule has 1 unspecified atom stereocenters. The van der Waals surface area contributed by atoms with Crippen LogP contribution >= 0.6 is 11.3 Å². The van der Waals surface area contributed by atoms with Crippen LogP contribution in [0.4, 0.5) is 0 Å². The van der Waals surface area contributed by atoms with Crippen molar-refractivity contribution in [3.05, 3.63) is 85.6 Å². The second kappa shape index (κ2) is 6.34. The fourth-order valence-electron chi connectivity index (χ4n) is 3.12. The predicted molar refractivity (Wildman–Crippen MR) is 102 cm³/mol. The van der Waals surface area contributed by atoms with Gasteiger partial charge in [-0.1, -0.05) is 0 Å². The van der Waals surface area contributed by atoms with Crippen LogP contribution in [0.15, 0.2) is 63.9 Å². The van der Waals surface area contributed by atoms with E-state index < -0.39 is 11.7 Å². The molecule has 0 aromatic carbocycles. The van der Waals surface area contributed by atoms with E-state index in [4.69, 9.17) is 0 Å². The molecule has 4 rings (SSSR count). The number of thiophene rings is 1. The summed E-state index contributed by atoms with van der Waals surface area (Å²) in [4.78, 5) is 35.7. The maximum atomic E-state index is 13.3. The van der Waals surface area contributed by atoms with E-state index in [2.05, 4.69) is 9.97 Å². The summed E-state index contributed by atoms with van der Waals surface area (Å²) >= 11 is 1.55. The largest absolute Gasteiger partial charge is 0.337 e. The number of rotatable bonds is 3. The maximum absolute atomic E-state index is 13.3. The smallest absolute Gasteiger partial charge is 0.268 e. The van der Waals surface area contributed by atoms with Gasteiger partial charge in [0.2, 0.25) is 0 Å². The zero-order chi connectivity index (χ0) is 18.3. The highest BCUT2D eigenvalue weighted by Gasteiger charge is 2.21. The number of hydrogen-bond donors (Lipinski definition) is 0. The Morgan fingerprint density at radius 1 is 1.08 bits per heavy atom. The highest BCUT2D eigenvalue weighted by molar-refractivity contribution is 7.10. The average molecular weight is 364 g/mol. The summed E-state index contributed by atoms with van der Waals surface area (Å²) in [5.41, 5.74) is 1.23. The lowest BCUT2D eigenvalue weighted by molar-refractivity contribution is 0.571. The number of hydrogen-bond acceptors (Lipinski definition) is 5. The van der Waals surface area contributed by atoms with Crippen molar-refractivity contribution in [1.29, 1.82) is 0 Å². The third-order valence-electron chi connectivity index (χ3n) is 4.49. The minimum absolute atomic E-state index is 0.341. The Balaban J connectivity index is 2.11. The van der Waals surface area contributed by atoms with Gasteiger partial charge in [0.25, 0.3) is 5.56 Å². The standard InChI is InChI=1S/C19H16N4O2S/c1-12(14-5-9-20-10-6-14)22-18(24)15-4-3-8-21-17(15)23(19(22)25)16-7-11-26-13(16)2/h3-12H,1-2H3. The summed E-state index contributed by atoms with van der Waals surface area (Å²) in [5.74, 6) is 0. The molecule has 0 aliphatic carbocycles. The molecule has 26 heavy (non-hydrogen) atoms. The van der Waals surface area contributed by atoms with E-state index in [1.54, 1.807) is 42.1 Å². The lowest BCUT2D eigenvalue weighted by atomic mass is 10.1. The topological polar surface area (TPSA) is 69.8 Å². The van der Waals surface area contributed by atoms with Crippen LogP contribution in [0.2, 0.25) is 0 Å². The second-order valence-electron chi connectivity index (χ2n) is 5.99. The summed E-state index contributed by atoms with van der Waals surface area (Å²) < 4.78 is 2.82. The van der Waals surface area contributed by atoms with Gasteiger partial charge in [0, 0.05) is 23.5 Å². The third-order valence-corrected chi connectivity index (χ3v) is 5.33. The lowest BCUT2D eigenvalue weighted by Crippen LogP contribution is -2.41. The van der Waals surface area contributed by atoms with Crippen LogP contribution in [0.25, 0.3) is 16.7 Å². The number of pyridine rings is 2. The second-order valence-corrected chi connectivity index (χ2v) is 7.11. The molecule has 7 heteroatoms. The Kier molecular flexibility index (Phi) is 4.00. The summed E-state index contributed by atoms with van der Waals surface area (Å²) in [6.07, 6.45) is 4.90. The Morgan fingerprint density at radius 3 is 2.54 bits per heavy atom. The zero-order valence-electron chi connectivity index (χ0n) is 14.3. The Hall–Kier alpha value is -3.06. The lowest BCUT2D eigenvalue weighted by Gasteiger charge is -2.18. The van der Waals surface area contributed by atoms with Crippen molar-refractivity contribution in [2.45, 2.75) is 19.9 Å². The van der Waals surface area contributed by atoms with Gasteiger partial charge >= 0.3 is 5.69 Å². The van der Waals surface area contributed by atoms with Crippen LogP contribution < -0.4 is 11.2 Å². The van der Waals surface area contributed by atoms with Crippen molar-refractivity contribution in [1.82, 2.24) is 19.1 Å². The van der Waals surface area contributed by atoms with Crippen molar-refractivity contribution in [3.8, 4) is 5.69 Å². The normalized spacial score (nSPS) is 12.4. The highest BCUT2D eigenvalue weighted by atomic mass is 32.1. The van der Waals surface area contributed by atoms with Crippen molar-refractivity contribution in [2.24, 2.45) is 0 Å². The summed E-state index contributed by atoms with van der Waals surface area (Å²) in [6, 6.07) is 8.49. The molecule has 0 bridgehead atoms. The monoisotopic (exact) mass is 364 g/mol. The van der Waals surface area contributed by atoms with E-state index in [0.717, 1.165) is 16.1 Å². The molecule has 0 saturated heterocycles. The van der Waals surface area contributed by atoms with Gasteiger partial charge in [-0.25, -0.2) is 14.3 Å². The molecule has 4 heterocycles. The zero-order valence-corrected chi connectivity index (χ0v) is 15.1. The molecular weight excluding hydrogens is 348 g/mol. The van der Waals surface area contributed by atoms with Crippen molar-refractivity contribution >= 4 is 22.4 Å². The van der Waals surface area contributed by atoms with E-state index in [0.29, 0.717) is 11.0 Å². The number of aryl methyl sites for hydroxylation is 1. The molecule has 1 atom stereocenters. The molecule has 0 N–H and O–H groups in total. The first-order valence-electron chi connectivity index (χ1n) is 8.16. The summed E-state index contributed by atoms with van der Waals surface area (Å²) in [6.45, 7) is 3.79. The number of aromatic nitrogens is 4. The van der Waals surface area contributed by atoms with Crippen LogP contribution in [0, 0.1) is 6.92 Å². The van der Waals surface area contributed by atoms with Gasteiger partial charge in [-0.05, 0) is 55.1 Å². The average Bonchev–Trinajstić information content (AvgIpc) is 3.08.